The predicted octanol–water partition coefficient (Wildman–Crippen LogP) is 4.95. The van der Waals surface area contributed by atoms with E-state index in [9.17, 15) is 4.39 Å². The van der Waals surface area contributed by atoms with E-state index >= 15 is 0 Å². The van der Waals surface area contributed by atoms with Crippen molar-refractivity contribution >= 4 is 10.8 Å². The maximum absolute atomic E-state index is 13.7. The van der Waals surface area contributed by atoms with Crippen molar-refractivity contribution in [3.05, 3.63) is 72.0 Å². The van der Waals surface area contributed by atoms with Crippen LogP contribution in [0.3, 0.4) is 0 Å². The Kier molecular flexibility index (Phi) is 2.60. The highest BCUT2D eigenvalue weighted by Gasteiger charge is 2.08. The molecule has 0 saturated heterocycles. The first-order chi connectivity index (χ1) is 8.77. The van der Waals surface area contributed by atoms with Gasteiger partial charge in [-0.2, -0.15) is 0 Å². The molecule has 0 saturated carbocycles. The number of fused-ring (bicyclic) bond motifs is 1. The molecule has 0 amide bonds. The highest BCUT2D eigenvalue weighted by Crippen LogP contribution is 2.31. The van der Waals surface area contributed by atoms with E-state index in [2.05, 4.69) is 18.2 Å². The van der Waals surface area contributed by atoms with Crippen LogP contribution in [0.4, 0.5) is 4.39 Å². The molecule has 0 radical (unpaired) electrons. The van der Waals surface area contributed by atoms with E-state index in [1.807, 2.05) is 37.3 Å². The topological polar surface area (TPSA) is 0 Å². The first-order valence-electron chi connectivity index (χ1n) is 6.00. The van der Waals surface area contributed by atoms with Crippen LogP contribution in [0.5, 0.6) is 0 Å². The van der Waals surface area contributed by atoms with E-state index in [-0.39, 0.29) is 5.82 Å². The summed E-state index contributed by atoms with van der Waals surface area (Å²) in [5.41, 5.74) is 2.76. The van der Waals surface area contributed by atoms with Gasteiger partial charge in [-0.15, -0.1) is 0 Å². The number of hydrogen-bond donors (Lipinski definition) is 0. The molecule has 0 bridgehead atoms. The van der Waals surface area contributed by atoms with Crippen LogP contribution in [-0.2, 0) is 0 Å². The van der Waals surface area contributed by atoms with E-state index in [0.29, 0.717) is 5.56 Å². The molecule has 0 aliphatic heterocycles. The molecular formula is C17H13F. The molecule has 3 aromatic carbocycles. The summed E-state index contributed by atoms with van der Waals surface area (Å²) in [6.07, 6.45) is 0. The second-order valence-corrected chi connectivity index (χ2v) is 4.44. The van der Waals surface area contributed by atoms with Crippen LogP contribution in [-0.4, -0.2) is 0 Å². The Hall–Kier alpha value is -2.15. The predicted molar refractivity (Wildman–Crippen MR) is 74.1 cm³/mol. The molecule has 3 rings (SSSR count). The molecule has 18 heavy (non-hydrogen) atoms. The van der Waals surface area contributed by atoms with Gasteiger partial charge in [0.05, 0.1) is 0 Å². The summed E-state index contributed by atoms with van der Waals surface area (Å²) in [4.78, 5) is 0. The summed E-state index contributed by atoms with van der Waals surface area (Å²) < 4.78 is 13.7. The molecule has 0 fully saturated rings. The van der Waals surface area contributed by atoms with Crippen molar-refractivity contribution in [2.75, 3.05) is 0 Å². The van der Waals surface area contributed by atoms with Crippen molar-refractivity contribution in [1.82, 2.24) is 0 Å². The third-order valence-corrected chi connectivity index (χ3v) is 3.35. The minimum Gasteiger partial charge on any atom is -0.207 e. The van der Waals surface area contributed by atoms with E-state index in [4.69, 9.17) is 0 Å². The Morgan fingerprint density at radius 3 is 2.28 bits per heavy atom. The van der Waals surface area contributed by atoms with Gasteiger partial charge in [0.1, 0.15) is 5.82 Å². The number of halogens is 1. The highest BCUT2D eigenvalue weighted by atomic mass is 19.1. The third kappa shape index (κ3) is 1.68. The maximum atomic E-state index is 13.7. The minimum atomic E-state index is -0.152. The Labute approximate surface area is 106 Å². The summed E-state index contributed by atoms with van der Waals surface area (Å²) in [5.74, 6) is -0.152. The van der Waals surface area contributed by atoms with Gasteiger partial charge in [-0.3, -0.25) is 0 Å². The van der Waals surface area contributed by atoms with Crippen molar-refractivity contribution in [3.8, 4) is 11.1 Å². The fourth-order valence-electron chi connectivity index (χ4n) is 2.36. The maximum Gasteiger partial charge on any atom is 0.126 e. The summed E-state index contributed by atoms with van der Waals surface area (Å²) >= 11 is 0. The quantitative estimate of drug-likeness (QED) is 0.560. The zero-order valence-electron chi connectivity index (χ0n) is 10.2. The van der Waals surface area contributed by atoms with Crippen molar-refractivity contribution in [2.24, 2.45) is 0 Å². The molecule has 0 aromatic heterocycles. The standard InChI is InChI=1S/C17H13F/c1-12-14(9-5-11-17(12)18)16-10-4-7-13-6-2-3-8-15(13)16/h2-11H,1H3. The van der Waals surface area contributed by atoms with E-state index in [1.54, 1.807) is 6.07 Å². The van der Waals surface area contributed by atoms with E-state index in [0.717, 1.165) is 16.5 Å². The molecule has 88 valence electrons. The number of rotatable bonds is 1. The van der Waals surface area contributed by atoms with Crippen LogP contribution < -0.4 is 0 Å². The number of benzene rings is 3. The van der Waals surface area contributed by atoms with Crippen molar-refractivity contribution in [1.29, 1.82) is 0 Å². The molecule has 0 nitrogen and oxygen atoms in total. The first kappa shape index (κ1) is 11.0. The van der Waals surface area contributed by atoms with Crippen molar-refractivity contribution < 1.29 is 4.39 Å². The molecule has 0 unspecified atom stereocenters. The van der Waals surface area contributed by atoms with Crippen LogP contribution >= 0.6 is 0 Å². The lowest BCUT2D eigenvalue weighted by Crippen LogP contribution is -1.88. The average molecular weight is 236 g/mol. The van der Waals surface area contributed by atoms with E-state index in [1.165, 1.54) is 11.5 Å². The van der Waals surface area contributed by atoms with Crippen molar-refractivity contribution in [3.63, 3.8) is 0 Å². The Morgan fingerprint density at radius 1 is 0.722 bits per heavy atom. The van der Waals surface area contributed by atoms with Crippen LogP contribution in [0, 0.1) is 12.7 Å². The van der Waals surface area contributed by atoms with E-state index < -0.39 is 0 Å². The molecule has 3 aromatic rings. The molecule has 0 heterocycles. The fourth-order valence-corrected chi connectivity index (χ4v) is 2.36. The average Bonchev–Trinajstić information content (AvgIpc) is 2.41. The molecule has 1 heteroatoms. The minimum absolute atomic E-state index is 0.152. The zero-order valence-corrected chi connectivity index (χ0v) is 10.2. The van der Waals surface area contributed by atoms with Gasteiger partial charge >= 0.3 is 0 Å². The zero-order chi connectivity index (χ0) is 12.5. The Morgan fingerprint density at radius 2 is 1.39 bits per heavy atom. The highest BCUT2D eigenvalue weighted by molar-refractivity contribution is 5.97. The lowest BCUT2D eigenvalue weighted by Gasteiger charge is -2.10. The lowest BCUT2D eigenvalue weighted by molar-refractivity contribution is 0.619. The fraction of sp³-hybridized carbons (Fsp3) is 0.0588. The van der Waals surface area contributed by atoms with Gasteiger partial charge in [-0.25, -0.2) is 4.39 Å². The number of hydrogen-bond acceptors (Lipinski definition) is 0. The molecule has 0 spiro atoms. The van der Waals surface area contributed by atoms with Gasteiger partial charge in [-0.1, -0.05) is 54.6 Å². The van der Waals surface area contributed by atoms with Gasteiger partial charge in [0, 0.05) is 0 Å². The third-order valence-electron chi connectivity index (χ3n) is 3.35. The molecule has 0 aliphatic rings. The molecule has 0 N–H and O–H groups in total. The van der Waals surface area contributed by atoms with Crippen LogP contribution in [0.2, 0.25) is 0 Å². The summed E-state index contributed by atoms with van der Waals surface area (Å²) in [5, 5.41) is 2.34. The van der Waals surface area contributed by atoms with Crippen LogP contribution in [0.1, 0.15) is 5.56 Å². The normalized spacial score (nSPS) is 10.8. The second-order valence-electron chi connectivity index (χ2n) is 4.44. The second kappa shape index (κ2) is 4.26. The summed E-state index contributed by atoms with van der Waals surface area (Å²) in [7, 11) is 0. The largest absolute Gasteiger partial charge is 0.207 e. The van der Waals surface area contributed by atoms with Gasteiger partial charge in [0.15, 0.2) is 0 Å². The van der Waals surface area contributed by atoms with Crippen LogP contribution in [0.15, 0.2) is 60.7 Å². The van der Waals surface area contributed by atoms with Gasteiger partial charge in [0.25, 0.3) is 0 Å². The van der Waals surface area contributed by atoms with Gasteiger partial charge < -0.3 is 0 Å². The van der Waals surface area contributed by atoms with Crippen molar-refractivity contribution in [2.45, 2.75) is 6.92 Å². The monoisotopic (exact) mass is 236 g/mol. The first-order valence-corrected chi connectivity index (χ1v) is 6.00. The van der Waals surface area contributed by atoms with Crippen LogP contribution in [0.25, 0.3) is 21.9 Å². The lowest BCUT2D eigenvalue weighted by atomic mass is 9.95. The van der Waals surface area contributed by atoms with Gasteiger partial charge in [0.2, 0.25) is 0 Å². The molecule has 0 atom stereocenters. The summed E-state index contributed by atoms with van der Waals surface area (Å²) in [6, 6.07) is 19.6. The Bertz CT molecular complexity index is 708. The Balaban J connectivity index is 2.35. The SMILES string of the molecule is Cc1c(F)cccc1-c1cccc2ccccc12. The summed E-state index contributed by atoms with van der Waals surface area (Å²) in [6.45, 7) is 1.83. The smallest absolute Gasteiger partial charge is 0.126 e. The molecule has 0 aliphatic carbocycles. The van der Waals surface area contributed by atoms with Gasteiger partial charge in [-0.05, 0) is 40.5 Å². The molecular weight excluding hydrogens is 223 g/mol.